The van der Waals surface area contributed by atoms with Gasteiger partial charge in [-0.05, 0) is 35.9 Å². The molecule has 0 spiro atoms. The lowest BCUT2D eigenvalue weighted by molar-refractivity contribution is 0.0850. The number of Topliss-reactive ketones (excluding diaryl/α,β-unsaturated/α-hetero) is 1. The summed E-state index contributed by atoms with van der Waals surface area (Å²) in [5.41, 5.74) is 1.57. The van der Waals surface area contributed by atoms with E-state index in [2.05, 4.69) is 15.9 Å². The molecule has 19 heavy (non-hydrogen) atoms. The fourth-order valence-electron chi connectivity index (χ4n) is 2.16. The molecule has 96 valence electrons. The molecule has 3 rings (SSSR count). The van der Waals surface area contributed by atoms with E-state index in [9.17, 15) is 4.79 Å². The van der Waals surface area contributed by atoms with Crippen molar-refractivity contribution in [1.82, 2.24) is 0 Å². The van der Waals surface area contributed by atoms with Crippen LogP contribution in [0.5, 0.6) is 5.75 Å². The van der Waals surface area contributed by atoms with Gasteiger partial charge < -0.3 is 4.74 Å². The van der Waals surface area contributed by atoms with Crippen molar-refractivity contribution in [2.75, 3.05) is 0 Å². The molecule has 2 aromatic carbocycles. The van der Waals surface area contributed by atoms with Gasteiger partial charge in [-0.1, -0.05) is 39.7 Å². The van der Waals surface area contributed by atoms with Crippen molar-refractivity contribution in [3.05, 3.63) is 63.1 Å². The normalized spacial score (nSPS) is 17.8. The summed E-state index contributed by atoms with van der Waals surface area (Å²) in [6.45, 7) is 0. The molecule has 1 unspecified atom stereocenters. The summed E-state index contributed by atoms with van der Waals surface area (Å²) >= 11 is 9.29. The molecule has 2 nitrogen and oxygen atoms in total. The topological polar surface area (TPSA) is 26.3 Å². The van der Waals surface area contributed by atoms with Gasteiger partial charge in [-0.15, -0.1) is 0 Å². The van der Waals surface area contributed by atoms with Crippen LogP contribution in [0, 0.1) is 0 Å². The molecule has 0 saturated carbocycles. The number of carbonyl (C=O) groups excluding carboxylic acids is 1. The number of rotatable bonds is 1. The van der Waals surface area contributed by atoms with Crippen molar-refractivity contribution < 1.29 is 9.53 Å². The first-order valence-electron chi connectivity index (χ1n) is 5.88. The van der Waals surface area contributed by atoms with Crippen LogP contribution >= 0.6 is 27.5 Å². The Labute approximate surface area is 124 Å². The van der Waals surface area contributed by atoms with Crippen LogP contribution < -0.4 is 4.74 Å². The zero-order chi connectivity index (χ0) is 13.4. The zero-order valence-electron chi connectivity index (χ0n) is 9.90. The van der Waals surface area contributed by atoms with Gasteiger partial charge in [-0.2, -0.15) is 0 Å². The summed E-state index contributed by atoms with van der Waals surface area (Å²) in [5.74, 6) is 0.672. The third-order valence-electron chi connectivity index (χ3n) is 3.12. The molecular formula is C15H10BrClO2. The van der Waals surface area contributed by atoms with Gasteiger partial charge >= 0.3 is 0 Å². The lowest BCUT2D eigenvalue weighted by atomic mass is 9.96. The van der Waals surface area contributed by atoms with E-state index in [0.717, 1.165) is 10.0 Å². The van der Waals surface area contributed by atoms with Crippen LogP contribution in [0.4, 0.5) is 0 Å². The van der Waals surface area contributed by atoms with Crippen molar-refractivity contribution in [2.24, 2.45) is 0 Å². The SMILES string of the molecule is O=C1CC(c2ccc(Br)cc2)Oc2ccc(Cl)cc21. The number of hydrogen-bond acceptors (Lipinski definition) is 2. The standard InChI is InChI=1S/C15H10BrClO2/c16-10-3-1-9(2-4-10)15-8-13(18)12-7-11(17)5-6-14(12)19-15/h1-7,15H,8H2. The molecule has 4 heteroatoms. The Kier molecular flexibility index (Phi) is 3.33. The number of hydrogen-bond donors (Lipinski definition) is 0. The lowest BCUT2D eigenvalue weighted by Gasteiger charge is -2.25. The summed E-state index contributed by atoms with van der Waals surface area (Å²) < 4.78 is 6.89. The van der Waals surface area contributed by atoms with E-state index in [1.165, 1.54) is 0 Å². The Hall–Kier alpha value is -1.32. The molecule has 0 aliphatic carbocycles. The summed E-state index contributed by atoms with van der Waals surface area (Å²) in [4.78, 5) is 12.1. The summed E-state index contributed by atoms with van der Waals surface area (Å²) in [6, 6.07) is 13.0. The van der Waals surface area contributed by atoms with E-state index in [0.29, 0.717) is 22.8 Å². The number of halogens is 2. The fourth-order valence-corrected chi connectivity index (χ4v) is 2.60. The van der Waals surface area contributed by atoms with Crippen molar-refractivity contribution >= 4 is 33.3 Å². The second kappa shape index (κ2) is 4.99. The van der Waals surface area contributed by atoms with Gasteiger partial charge in [0, 0.05) is 9.50 Å². The average Bonchev–Trinajstić information content (AvgIpc) is 2.40. The molecular weight excluding hydrogens is 328 g/mol. The number of ketones is 1. The lowest BCUT2D eigenvalue weighted by Crippen LogP contribution is -2.20. The predicted octanol–water partition coefficient (Wildman–Crippen LogP) is 4.81. The molecule has 1 heterocycles. The van der Waals surface area contributed by atoms with Gasteiger partial charge in [0.2, 0.25) is 0 Å². The summed E-state index contributed by atoms with van der Waals surface area (Å²) in [7, 11) is 0. The molecule has 1 aliphatic rings. The third-order valence-corrected chi connectivity index (χ3v) is 3.89. The van der Waals surface area contributed by atoms with Crippen molar-refractivity contribution in [3.63, 3.8) is 0 Å². The van der Waals surface area contributed by atoms with Crippen LogP contribution in [0.2, 0.25) is 5.02 Å². The second-order valence-electron chi connectivity index (χ2n) is 4.43. The minimum atomic E-state index is -0.228. The van der Waals surface area contributed by atoms with Crippen LogP contribution in [0.1, 0.15) is 28.4 Å². The molecule has 0 saturated heterocycles. The molecule has 1 aliphatic heterocycles. The van der Waals surface area contributed by atoms with E-state index in [1.807, 2.05) is 24.3 Å². The van der Waals surface area contributed by atoms with E-state index in [1.54, 1.807) is 18.2 Å². The highest BCUT2D eigenvalue weighted by Crippen LogP contribution is 2.36. The maximum absolute atomic E-state index is 12.1. The Bertz CT molecular complexity index is 637. The molecule has 2 aromatic rings. The van der Waals surface area contributed by atoms with Gasteiger partial charge in [0.15, 0.2) is 5.78 Å². The Morgan fingerprint density at radius 2 is 1.89 bits per heavy atom. The Morgan fingerprint density at radius 1 is 1.16 bits per heavy atom. The van der Waals surface area contributed by atoms with Gasteiger partial charge in [0.25, 0.3) is 0 Å². The number of ether oxygens (including phenoxy) is 1. The molecule has 0 fully saturated rings. The van der Waals surface area contributed by atoms with Gasteiger partial charge in [0.1, 0.15) is 11.9 Å². The van der Waals surface area contributed by atoms with Crippen molar-refractivity contribution in [3.8, 4) is 5.75 Å². The Balaban J connectivity index is 1.95. The average molecular weight is 338 g/mol. The monoisotopic (exact) mass is 336 g/mol. The van der Waals surface area contributed by atoms with Crippen LogP contribution in [-0.2, 0) is 0 Å². The first kappa shape index (κ1) is 12.7. The van der Waals surface area contributed by atoms with Crippen LogP contribution in [0.15, 0.2) is 46.9 Å². The third kappa shape index (κ3) is 2.53. The minimum absolute atomic E-state index is 0.0664. The van der Waals surface area contributed by atoms with Crippen molar-refractivity contribution in [1.29, 1.82) is 0 Å². The molecule has 0 bridgehead atoms. The minimum Gasteiger partial charge on any atom is -0.484 e. The van der Waals surface area contributed by atoms with Crippen LogP contribution in [0.25, 0.3) is 0 Å². The maximum Gasteiger partial charge on any atom is 0.170 e. The fraction of sp³-hybridized carbons (Fsp3) is 0.133. The first-order chi connectivity index (χ1) is 9.13. The predicted molar refractivity (Wildman–Crippen MR) is 77.9 cm³/mol. The van der Waals surface area contributed by atoms with E-state index >= 15 is 0 Å². The first-order valence-corrected chi connectivity index (χ1v) is 7.05. The second-order valence-corrected chi connectivity index (χ2v) is 5.78. The highest BCUT2D eigenvalue weighted by molar-refractivity contribution is 9.10. The van der Waals surface area contributed by atoms with E-state index in [-0.39, 0.29) is 11.9 Å². The number of fused-ring (bicyclic) bond motifs is 1. The summed E-state index contributed by atoms with van der Waals surface area (Å²) in [5, 5.41) is 0.554. The van der Waals surface area contributed by atoms with Gasteiger partial charge in [-0.3, -0.25) is 4.79 Å². The van der Waals surface area contributed by atoms with Gasteiger partial charge in [0.05, 0.1) is 12.0 Å². The number of carbonyl (C=O) groups is 1. The summed E-state index contributed by atoms with van der Waals surface area (Å²) in [6.07, 6.45) is 0.115. The molecule has 0 amide bonds. The highest BCUT2D eigenvalue weighted by atomic mass is 79.9. The Morgan fingerprint density at radius 3 is 2.63 bits per heavy atom. The maximum atomic E-state index is 12.1. The highest BCUT2D eigenvalue weighted by Gasteiger charge is 2.27. The quantitative estimate of drug-likeness (QED) is 0.746. The van der Waals surface area contributed by atoms with Gasteiger partial charge in [-0.25, -0.2) is 0 Å². The molecule has 0 aromatic heterocycles. The smallest absolute Gasteiger partial charge is 0.170 e. The molecule has 0 radical (unpaired) electrons. The number of benzene rings is 2. The zero-order valence-corrected chi connectivity index (χ0v) is 12.2. The molecule has 1 atom stereocenters. The molecule has 0 N–H and O–H groups in total. The van der Waals surface area contributed by atoms with Crippen molar-refractivity contribution in [2.45, 2.75) is 12.5 Å². The van der Waals surface area contributed by atoms with Crippen LogP contribution in [-0.4, -0.2) is 5.78 Å². The van der Waals surface area contributed by atoms with Crippen LogP contribution in [0.3, 0.4) is 0 Å². The largest absolute Gasteiger partial charge is 0.484 e. The van der Waals surface area contributed by atoms with E-state index in [4.69, 9.17) is 16.3 Å². The van der Waals surface area contributed by atoms with E-state index < -0.39 is 0 Å².